The fourth-order valence-corrected chi connectivity index (χ4v) is 3.39. The molecule has 0 heterocycles. The van der Waals surface area contributed by atoms with Crippen LogP contribution in [0, 0.1) is 0 Å². The molecule has 0 aliphatic heterocycles. The van der Waals surface area contributed by atoms with Crippen LogP contribution < -0.4 is 16.4 Å². The highest BCUT2D eigenvalue weighted by Crippen LogP contribution is 2.39. The number of ketones is 2. The van der Waals surface area contributed by atoms with Crippen LogP contribution in [0.2, 0.25) is 0 Å². The predicted octanol–water partition coefficient (Wildman–Crippen LogP) is 2.35. The van der Waals surface area contributed by atoms with Crippen molar-refractivity contribution in [1.29, 1.82) is 0 Å². The van der Waals surface area contributed by atoms with Crippen LogP contribution in [0.25, 0.3) is 0 Å². The van der Waals surface area contributed by atoms with Crippen LogP contribution in [-0.2, 0) is 11.2 Å². The molecule has 0 radical (unpaired) electrons. The monoisotopic (exact) mass is 351 g/mol. The zero-order valence-corrected chi connectivity index (χ0v) is 15.0. The van der Waals surface area contributed by atoms with Gasteiger partial charge in [-0.1, -0.05) is 24.3 Å². The lowest BCUT2D eigenvalue weighted by Crippen LogP contribution is -2.26. The first-order chi connectivity index (χ1) is 12.3. The average Bonchev–Trinajstić information content (AvgIpc) is 2.58. The smallest absolute Gasteiger partial charge is 0.221 e. The molecule has 6 nitrogen and oxygen atoms in total. The maximum absolute atomic E-state index is 13.2. The van der Waals surface area contributed by atoms with Crippen molar-refractivity contribution in [1.82, 2.24) is 0 Å². The Hall–Kier alpha value is -3.15. The Kier molecular flexibility index (Phi) is 4.50. The molecule has 3 rings (SSSR count). The normalized spacial score (nSPS) is 12.6. The second-order valence-corrected chi connectivity index (χ2v) is 6.60. The molecular formula is C20H21N3O3. The maximum Gasteiger partial charge on any atom is 0.221 e. The molecule has 0 atom stereocenters. The molecule has 2 aromatic carbocycles. The summed E-state index contributed by atoms with van der Waals surface area (Å²) >= 11 is 0. The lowest BCUT2D eigenvalue weighted by Gasteiger charge is -2.26. The van der Waals surface area contributed by atoms with E-state index in [-0.39, 0.29) is 29.6 Å². The van der Waals surface area contributed by atoms with Gasteiger partial charge in [-0.25, -0.2) is 0 Å². The van der Waals surface area contributed by atoms with Gasteiger partial charge in [0.25, 0.3) is 0 Å². The number of nitrogens with two attached hydrogens (primary N) is 1. The number of primary amides is 1. The number of carbonyl (C=O) groups excluding carboxylic acids is 3. The summed E-state index contributed by atoms with van der Waals surface area (Å²) in [5.74, 6) is -0.954. The van der Waals surface area contributed by atoms with Gasteiger partial charge in [-0.3, -0.25) is 14.4 Å². The molecule has 4 N–H and O–H groups in total. The van der Waals surface area contributed by atoms with Gasteiger partial charge in [-0.05, 0) is 25.5 Å². The third kappa shape index (κ3) is 2.83. The fourth-order valence-electron chi connectivity index (χ4n) is 3.39. The number of fused-ring (bicyclic) bond motifs is 2. The van der Waals surface area contributed by atoms with Gasteiger partial charge in [0.1, 0.15) is 0 Å². The Morgan fingerprint density at radius 3 is 2.15 bits per heavy atom. The van der Waals surface area contributed by atoms with Gasteiger partial charge in [0.15, 0.2) is 11.6 Å². The van der Waals surface area contributed by atoms with Crippen molar-refractivity contribution in [3.8, 4) is 0 Å². The number of amides is 1. The lowest BCUT2D eigenvalue weighted by molar-refractivity contribution is -0.117. The molecule has 1 aliphatic rings. The van der Waals surface area contributed by atoms with Crippen LogP contribution in [0.5, 0.6) is 0 Å². The van der Waals surface area contributed by atoms with Crippen molar-refractivity contribution in [2.75, 3.05) is 17.7 Å². The van der Waals surface area contributed by atoms with E-state index in [0.717, 1.165) is 0 Å². The highest BCUT2D eigenvalue weighted by molar-refractivity contribution is 6.32. The van der Waals surface area contributed by atoms with Gasteiger partial charge in [-0.2, -0.15) is 0 Å². The van der Waals surface area contributed by atoms with E-state index in [0.29, 0.717) is 33.6 Å². The number of benzene rings is 2. The summed E-state index contributed by atoms with van der Waals surface area (Å²) in [5, 5.41) is 6.21. The molecular weight excluding hydrogens is 330 g/mol. The number of carbonyl (C=O) groups is 3. The molecule has 0 bridgehead atoms. The summed E-state index contributed by atoms with van der Waals surface area (Å²) in [5.41, 5.74) is 8.36. The van der Waals surface area contributed by atoms with Crippen LogP contribution in [0.15, 0.2) is 30.3 Å². The molecule has 1 amide bonds. The molecule has 134 valence electrons. The van der Waals surface area contributed by atoms with Crippen molar-refractivity contribution in [3.63, 3.8) is 0 Å². The molecule has 0 fully saturated rings. The first-order valence-corrected chi connectivity index (χ1v) is 8.46. The first kappa shape index (κ1) is 17.7. The van der Waals surface area contributed by atoms with Crippen molar-refractivity contribution >= 4 is 28.8 Å². The van der Waals surface area contributed by atoms with Gasteiger partial charge in [0.05, 0.1) is 17.5 Å². The average molecular weight is 351 g/mol. The Labute approximate surface area is 151 Å². The number of hydrogen-bond acceptors (Lipinski definition) is 5. The van der Waals surface area contributed by atoms with E-state index in [9.17, 15) is 14.4 Å². The summed E-state index contributed by atoms with van der Waals surface area (Å²) in [7, 11) is 1.66. The Morgan fingerprint density at radius 2 is 1.65 bits per heavy atom. The second kappa shape index (κ2) is 6.63. The zero-order valence-electron chi connectivity index (χ0n) is 15.0. The Bertz CT molecular complexity index is 932. The third-order valence-corrected chi connectivity index (χ3v) is 4.34. The molecule has 0 spiro atoms. The van der Waals surface area contributed by atoms with Crippen molar-refractivity contribution in [3.05, 3.63) is 58.1 Å². The van der Waals surface area contributed by atoms with E-state index in [1.54, 1.807) is 37.4 Å². The quantitative estimate of drug-likeness (QED) is 0.655. The molecule has 6 heteroatoms. The minimum Gasteiger partial charge on any atom is -0.387 e. The molecule has 1 aliphatic carbocycles. The maximum atomic E-state index is 13.2. The summed E-state index contributed by atoms with van der Waals surface area (Å²) in [4.78, 5) is 37.8. The molecule has 26 heavy (non-hydrogen) atoms. The van der Waals surface area contributed by atoms with E-state index in [1.807, 2.05) is 13.8 Å². The van der Waals surface area contributed by atoms with Crippen LogP contribution in [-0.4, -0.2) is 30.6 Å². The fraction of sp³-hybridized carbons (Fsp3) is 0.250. The van der Waals surface area contributed by atoms with Crippen LogP contribution in [0.4, 0.5) is 11.4 Å². The molecule has 0 aromatic heterocycles. The molecule has 2 aromatic rings. The zero-order chi connectivity index (χ0) is 19.0. The van der Waals surface area contributed by atoms with Crippen LogP contribution in [0.1, 0.15) is 51.3 Å². The van der Waals surface area contributed by atoms with E-state index < -0.39 is 5.91 Å². The minimum absolute atomic E-state index is 0.0284. The summed E-state index contributed by atoms with van der Waals surface area (Å²) < 4.78 is 0. The summed E-state index contributed by atoms with van der Waals surface area (Å²) in [6.07, 6.45) is -0.0284. The number of nitrogens with one attached hydrogen (secondary N) is 2. The number of hydrogen-bond donors (Lipinski definition) is 3. The Balaban J connectivity index is 2.35. The topological polar surface area (TPSA) is 101 Å². The number of anilines is 2. The number of rotatable bonds is 5. The Morgan fingerprint density at radius 1 is 1.08 bits per heavy atom. The van der Waals surface area contributed by atoms with Gasteiger partial charge < -0.3 is 16.4 Å². The van der Waals surface area contributed by atoms with Gasteiger partial charge in [0, 0.05) is 35.6 Å². The van der Waals surface area contributed by atoms with E-state index in [4.69, 9.17) is 5.73 Å². The van der Waals surface area contributed by atoms with E-state index in [1.165, 1.54) is 0 Å². The van der Waals surface area contributed by atoms with Crippen LogP contribution >= 0.6 is 0 Å². The predicted molar refractivity (Wildman–Crippen MR) is 101 cm³/mol. The van der Waals surface area contributed by atoms with Gasteiger partial charge >= 0.3 is 0 Å². The van der Waals surface area contributed by atoms with E-state index in [2.05, 4.69) is 10.6 Å². The van der Waals surface area contributed by atoms with Crippen molar-refractivity contribution in [2.24, 2.45) is 5.73 Å². The van der Waals surface area contributed by atoms with Crippen molar-refractivity contribution < 1.29 is 14.4 Å². The summed E-state index contributed by atoms with van der Waals surface area (Å²) in [6, 6.07) is 8.55. The highest BCUT2D eigenvalue weighted by Gasteiger charge is 2.35. The van der Waals surface area contributed by atoms with Crippen molar-refractivity contribution in [2.45, 2.75) is 26.3 Å². The van der Waals surface area contributed by atoms with Gasteiger partial charge in [-0.15, -0.1) is 0 Å². The molecule has 0 unspecified atom stereocenters. The third-order valence-electron chi connectivity index (χ3n) is 4.34. The van der Waals surface area contributed by atoms with Crippen LogP contribution in [0.3, 0.4) is 0 Å². The van der Waals surface area contributed by atoms with E-state index >= 15 is 0 Å². The standard InChI is InChI=1S/C20H21N3O3/c1-10(2)23-14-8-11(9-15(21)24)18(22-3)17-16(14)19(25)12-6-4-5-7-13(12)20(17)26/h4-8,10,22-23H,9H2,1-3H3,(H2,21,24). The lowest BCUT2D eigenvalue weighted by atomic mass is 9.80. The largest absolute Gasteiger partial charge is 0.387 e. The minimum atomic E-state index is -0.507. The molecule has 0 saturated heterocycles. The molecule has 0 saturated carbocycles. The highest BCUT2D eigenvalue weighted by atomic mass is 16.1. The first-order valence-electron chi connectivity index (χ1n) is 8.46. The summed E-state index contributed by atoms with van der Waals surface area (Å²) in [6.45, 7) is 3.88. The SMILES string of the molecule is CNc1c(CC(N)=O)cc(NC(C)C)c2c1C(=O)c1ccccc1C2=O. The second-order valence-electron chi connectivity index (χ2n) is 6.60. The van der Waals surface area contributed by atoms with Gasteiger partial charge in [0.2, 0.25) is 5.91 Å².